The third-order valence-corrected chi connectivity index (χ3v) is 5.03. The first kappa shape index (κ1) is 11.9. The molecule has 1 atom stereocenters. The van der Waals surface area contributed by atoms with E-state index in [2.05, 4.69) is 24.0 Å². The minimum atomic E-state index is 0.0919. The van der Waals surface area contributed by atoms with Gasteiger partial charge in [0.05, 0.1) is 0 Å². The molecule has 0 aliphatic heterocycles. The fraction of sp³-hybridized carbons (Fsp3) is 0.400. The summed E-state index contributed by atoms with van der Waals surface area (Å²) in [6.45, 7) is 2.10. The molecule has 0 fully saturated rings. The minimum Gasteiger partial charge on any atom is -0.323 e. The van der Waals surface area contributed by atoms with Crippen LogP contribution in [0.4, 0.5) is 0 Å². The summed E-state index contributed by atoms with van der Waals surface area (Å²) in [5, 5.41) is 0. The first-order valence-corrected chi connectivity index (χ1v) is 7.33. The Morgan fingerprint density at radius 2 is 2.33 bits per heavy atom. The van der Waals surface area contributed by atoms with Crippen molar-refractivity contribution in [2.24, 2.45) is 5.73 Å². The maximum atomic E-state index is 6.33. The fourth-order valence-corrected chi connectivity index (χ4v) is 3.83. The molecule has 1 aliphatic carbocycles. The van der Waals surface area contributed by atoms with Crippen LogP contribution in [-0.4, -0.2) is 4.98 Å². The molecule has 0 radical (unpaired) electrons. The molecule has 18 heavy (non-hydrogen) atoms. The summed E-state index contributed by atoms with van der Waals surface area (Å²) in [6.07, 6.45) is 6.49. The molecular weight excluding hydrogens is 240 g/mol. The lowest BCUT2D eigenvalue weighted by atomic mass is 10.1. The van der Waals surface area contributed by atoms with Crippen molar-refractivity contribution in [3.8, 4) is 0 Å². The number of nitrogens with zero attached hydrogens (tertiary/aromatic N) is 1. The van der Waals surface area contributed by atoms with Gasteiger partial charge in [0, 0.05) is 34.1 Å². The van der Waals surface area contributed by atoms with Crippen molar-refractivity contribution in [2.75, 3.05) is 0 Å². The highest BCUT2D eigenvalue weighted by atomic mass is 32.1. The van der Waals surface area contributed by atoms with Crippen LogP contribution in [0.3, 0.4) is 0 Å². The molecular formula is C15H18N2S. The van der Waals surface area contributed by atoms with Gasteiger partial charge in [0.15, 0.2) is 0 Å². The van der Waals surface area contributed by atoms with Gasteiger partial charge in [-0.05, 0) is 49.4 Å². The molecule has 1 aliphatic rings. The van der Waals surface area contributed by atoms with Gasteiger partial charge in [-0.2, -0.15) is 0 Å². The van der Waals surface area contributed by atoms with Gasteiger partial charge in [0.1, 0.15) is 0 Å². The van der Waals surface area contributed by atoms with Crippen molar-refractivity contribution in [2.45, 2.75) is 38.6 Å². The quantitative estimate of drug-likeness (QED) is 0.918. The van der Waals surface area contributed by atoms with Crippen LogP contribution in [0.5, 0.6) is 0 Å². The van der Waals surface area contributed by atoms with E-state index >= 15 is 0 Å². The average Bonchev–Trinajstić information content (AvgIpc) is 2.92. The van der Waals surface area contributed by atoms with E-state index in [1.165, 1.54) is 35.3 Å². The standard InChI is InChI=1S/C15H18N2S/c1-10-4-3-7-17-13(10)9-12(16)15-8-11-5-2-6-14(11)18-15/h3-4,7-8,12H,2,5-6,9,16H2,1H3. The summed E-state index contributed by atoms with van der Waals surface area (Å²) in [5.41, 5.74) is 10.2. The van der Waals surface area contributed by atoms with Crippen molar-refractivity contribution in [1.82, 2.24) is 4.98 Å². The summed E-state index contributed by atoms with van der Waals surface area (Å²) < 4.78 is 0. The second-order valence-electron chi connectivity index (χ2n) is 5.03. The predicted octanol–water partition coefficient (Wildman–Crippen LogP) is 3.18. The van der Waals surface area contributed by atoms with Crippen LogP contribution in [0.1, 0.15) is 39.0 Å². The van der Waals surface area contributed by atoms with Crippen LogP contribution in [0, 0.1) is 6.92 Å². The fourth-order valence-electron chi connectivity index (χ4n) is 2.58. The SMILES string of the molecule is Cc1cccnc1CC(N)c1cc2c(s1)CCC2. The number of pyridine rings is 1. The molecule has 0 bridgehead atoms. The highest BCUT2D eigenvalue weighted by molar-refractivity contribution is 7.12. The summed E-state index contributed by atoms with van der Waals surface area (Å²) in [5.74, 6) is 0. The number of aromatic nitrogens is 1. The number of aryl methyl sites for hydroxylation is 3. The van der Waals surface area contributed by atoms with Gasteiger partial charge in [-0.1, -0.05) is 6.07 Å². The number of fused-ring (bicyclic) bond motifs is 1. The molecule has 0 saturated heterocycles. The smallest absolute Gasteiger partial charge is 0.0451 e. The molecule has 2 aromatic heterocycles. The van der Waals surface area contributed by atoms with Gasteiger partial charge < -0.3 is 5.73 Å². The van der Waals surface area contributed by atoms with Crippen molar-refractivity contribution >= 4 is 11.3 Å². The zero-order valence-electron chi connectivity index (χ0n) is 10.6. The molecule has 0 saturated carbocycles. The molecule has 2 aromatic rings. The molecule has 3 rings (SSSR count). The van der Waals surface area contributed by atoms with E-state index in [0.717, 1.165) is 12.1 Å². The molecule has 2 nitrogen and oxygen atoms in total. The second kappa shape index (κ2) is 4.82. The third-order valence-electron chi connectivity index (χ3n) is 3.66. The monoisotopic (exact) mass is 258 g/mol. The largest absolute Gasteiger partial charge is 0.323 e. The van der Waals surface area contributed by atoms with E-state index in [1.807, 2.05) is 23.6 Å². The van der Waals surface area contributed by atoms with Crippen LogP contribution in [0.25, 0.3) is 0 Å². The Balaban J connectivity index is 1.78. The molecule has 0 aromatic carbocycles. The van der Waals surface area contributed by atoms with Gasteiger partial charge in [-0.15, -0.1) is 11.3 Å². The maximum Gasteiger partial charge on any atom is 0.0451 e. The third kappa shape index (κ3) is 2.20. The number of rotatable bonds is 3. The van der Waals surface area contributed by atoms with Gasteiger partial charge in [0.25, 0.3) is 0 Å². The lowest BCUT2D eigenvalue weighted by Crippen LogP contribution is -2.13. The first-order chi connectivity index (χ1) is 8.74. The van der Waals surface area contributed by atoms with E-state index in [-0.39, 0.29) is 6.04 Å². The number of hydrogen-bond acceptors (Lipinski definition) is 3. The topological polar surface area (TPSA) is 38.9 Å². The summed E-state index contributed by atoms with van der Waals surface area (Å²) in [6, 6.07) is 6.48. The zero-order chi connectivity index (χ0) is 12.5. The molecule has 1 unspecified atom stereocenters. The first-order valence-electron chi connectivity index (χ1n) is 6.51. The van der Waals surface area contributed by atoms with Crippen LogP contribution in [0.2, 0.25) is 0 Å². The van der Waals surface area contributed by atoms with Crippen molar-refractivity contribution in [3.63, 3.8) is 0 Å². The molecule has 3 heteroatoms. The van der Waals surface area contributed by atoms with E-state index in [9.17, 15) is 0 Å². The van der Waals surface area contributed by atoms with E-state index < -0.39 is 0 Å². The van der Waals surface area contributed by atoms with Crippen LogP contribution >= 0.6 is 11.3 Å². The van der Waals surface area contributed by atoms with Crippen molar-refractivity contribution in [1.29, 1.82) is 0 Å². The average molecular weight is 258 g/mol. The van der Waals surface area contributed by atoms with Crippen LogP contribution < -0.4 is 5.73 Å². The number of hydrogen-bond donors (Lipinski definition) is 1. The predicted molar refractivity (Wildman–Crippen MR) is 76.0 cm³/mol. The van der Waals surface area contributed by atoms with Crippen molar-refractivity contribution < 1.29 is 0 Å². The van der Waals surface area contributed by atoms with Gasteiger partial charge in [-0.3, -0.25) is 4.98 Å². The molecule has 94 valence electrons. The van der Waals surface area contributed by atoms with Gasteiger partial charge in [0.2, 0.25) is 0 Å². The Labute approximate surface area is 112 Å². The zero-order valence-corrected chi connectivity index (χ0v) is 11.5. The Bertz CT molecular complexity index is 538. The number of thiophene rings is 1. The summed E-state index contributed by atoms with van der Waals surface area (Å²) in [4.78, 5) is 7.31. The van der Waals surface area contributed by atoms with Gasteiger partial charge in [-0.25, -0.2) is 0 Å². The van der Waals surface area contributed by atoms with Crippen LogP contribution in [-0.2, 0) is 19.3 Å². The lowest BCUT2D eigenvalue weighted by molar-refractivity contribution is 0.714. The molecule has 0 spiro atoms. The number of nitrogens with two attached hydrogens (primary N) is 1. The Morgan fingerprint density at radius 3 is 3.11 bits per heavy atom. The van der Waals surface area contributed by atoms with Crippen LogP contribution in [0.15, 0.2) is 24.4 Å². The summed E-state index contributed by atoms with van der Waals surface area (Å²) >= 11 is 1.90. The van der Waals surface area contributed by atoms with E-state index in [4.69, 9.17) is 5.73 Å². The summed E-state index contributed by atoms with van der Waals surface area (Å²) in [7, 11) is 0. The maximum absolute atomic E-state index is 6.33. The second-order valence-corrected chi connectivity index (χ2v) is 6.20. The molecule has 0 amide bonds. The minimum absolute atomic E-state index is 0.0919. The van der Waals surface area contributed by atoms with Gasteiger partial charge >= 0.3 is 0 Å². The Hall–Kier alpha value is -1.19. The highest BCUT2D eigenvalue weighted by Gasteiger charge is 2.18. The lowest BCUT2D eigenvalue weighted by Gasteiger charge is -2.10. The van der Waals surface area contributed by atoms with E-state index in [1.54, 1.807) is 4.88 Å². The Morgan fingerprint density at radius 1 is 1.44 bits per heavy atom. The van der Waals surface area contributed by atoms with E-state index in [0.29, 0.717) is 0 Å². The molecule has 2 N–H and O–H groups in total. The normalized spacial score (nSPS) is 15.7. The van der Waals surface area contributed by atoms with Crippen molar-refractivity contribution in [3.05, 3.63) is 51.0 Å². The highest BCUT2D eigenvalue weighted by Crippen LogP contribution is 2.34. The Kier molecular flexibility index (Phi) is 3.18. The molecule has 2 heterocycles.